The van der Waals surface area contributed by atoms with Crippen LogP contribution in [-0.2, 0) is 24.7 Å². The number of pyridine rings is 1. The topological polar surface area (TPSA) is 121 Å². The Balaban J connectivity index is 1.84. The number of hydrogen-bond acceptors (Lipinski definition) is 5. The van der Waals surface area contributed by atoms with E-state index in [9.17, 15) is 19.5 Å². The van der Waals surface area contributed by atoms with Crippen molar-refractivity contribution in [1.82, 2.24) is 4.57 Å². The molecule has 0 saturated heterocycles. The van der Waals surface area contributed by atoms with E-state index in [1.165, 1.54) is 22.0 Å². The number of aliphatic carboxylic acids is 1. The lowest BCUT2D eigenvalue weighted by Crippen LogP contribution is -2.28. The van der Waals surface area contributed by atoms with Crippen LogP contribution in [0, 0.1) is 13.8 Å². The normalized spacial score (nSPS) is 10.7. The van der Waals surface area contributed by atoms with Crippen LogP contribution in [0.1, 0.15) is 33.0 Å². The highest BCUT2D eigenvalue weighted by Gasteiger charge is 2.17. The maximum atomic E-state index is 12.6. The van der Waals surface area contributed by atoms with Crippen LogP contribution in [0.2, 0.25) is 0 Å². The van der Waals surface area contributed by atoms with E-state index >= 15 is 0 Å². The molecule has 0 spiro atoms. The van der Waals surface area contributed by atoms with Gasteiger partial charge in [0.15, 0.2) is 5.69 Å². The Morgan fingerprint density at radius 1 is 1.12 bits per heavy atom. The fourth-order valence-electron chi connectivity index (χ4n) is 3.27. The highest BCUT2D eigenvalue weighted by molar-refractivity contribution is 7.12. The van der Waals surface area contributed by atoms with E-state index < -0.39 is 17.6 Å². The standard InChI is InChI=1S/C23H25N3O5S/c1-13-6-4-5-7-15(13)11-16-12-17(19(32-16)8-9-20(28)29)24-23(31)25-21-18(27)10-14(2)26(3)22(21)30/h4-7,10,12,27H,8-9,11H2,1-3H3,(H,28,29)(H2,24,25,31). The monoisotopic (exact) mass is 455 g/mol. The third-order valence-corrected chi connectivity index (χ3v) is 6.38. The second-order valence-electron chi connectivity index (χ2n) is 7.54. The van der Waals surface area contributed by atoms with Crippen molar-refractivity contribution in [1.29, 1.82) is 0 Å². The molecule has 0 saturated carbocycles. The van der Waals surface area contributed by atoms with E-state index in [2.05, 4.69) is 10.6 Å². The zero-order chi connectivity index (χ0) is 23.4. The quantitative estimate of drug-likeness (QED) is 0.429. The fraction of sp³-hybridized carbons (Fsp3) is 0.261. The van der Waals surface area contributed by atoms with Crippen molar-refractivity contribution in [2.24, 2.45) is 7.05 Å². The first-order valence-corrected chi connectivity index (χ1v) is 10.8. The molecule has 168 valence electrons. The van der Waals surface area contributed by atoms with Gasteiger partial charge in [-0.25, -0.2) is 4.79 Å². The van der Waals surface area contributed by atoms with Crippen molar-refractivity contribution in [3.8, 4) is 5.75 Å². The molecule has 3 rings (SSSR count). The van der Waals surface area contributed by atoms with Crippen molar-refractivity contribution in [2.75, 3.05) is 10.6 Å². The first kappa shape index (κ1) is 23.1. The smallest absolute Gasteiger partial charge is 0.323 e. The fourth-order valence-corrected chi connectivity index (χ4v) is 4.41. The maximum Gasteiger partial charge on any atom is 0.323 e. The van der Waals surface area contributed by atoms with Crippen molar-refractivity contribution in [2.45, 2.75) is 33.1 Å². The first-order valence-electron chi connectivity index (χ1n) is 10.0. The van der Waals surface area contributed by atoms with E-state index in [-0.39, 0.29) is 24.3 Å². The number of aromatic nitrogens is 1. The number of carbonyl (C=O) groups is 2. The number of benzene rings is 1. The van der Waals surface area contributed by atoms with Gasteiger partial charge >= 0.3 is 12.0 Å². The summed E-state index contributed by atoms with van der Waals surface area (Å²) in [5.74, 6) is -1.25. The van der Waals surface area contributed by atoms with E-state index in [0.717, 1.165) is 20.9 Å². The summed E-state index contributed by atoms with van der Waals surface area (Å²) in [7, 11) is 1.54. The Hall–Kier alpha value is -3.59. The highest BCUT2D eigenvalue weighted by atomic mass is 32.1. The summed E-state index contributed by atoms with van der Waals surface area (Å²) in [6.45, 7) is 3.69. The Kier molecular flexibility index (Phi) is 6.99. The van der Waals surface area contributed by atoms with E-state index in [4.69, 9.17) is 5.11 Å². The second-order valence-corrected chi connectivity index (χ2v) is 8.76. The number of amides is 2. The summed E-state index contributed by atoms with van der Waals surface area (Å²) < 4.78 is 1.32. The van der Waals surface area contributed by atoms with Gasteiger partial charge in [-0.3, -0.25) is 14.9 Å². The summed E-state index contributed by atoms with van der Waals surface area (Å²) in [5.41, 5.74) is 2.56. The molecule has 0 fully saturated rings. The lowest BCUT2D eigenvalue weighted by atomic mass is 10.1. The van der Waals surface area contributed by atoms with Gasteiger partial charge in [0.1, 0.15) is 5.75 Å². The third-order valence-electron chi connectivity index (χ3n) is 5.19. The molecule has 32 heavy (non-hydrogen) atoms. The molecule has 2 aromatic heterocycles. The van der Waals surface area contributed by atoms with Crippen molar-refractivity contribution >= 4 is 34.7 Å². The summed E-state index contributed by atoms with van der Waals surface area (Å²) in [6, 6.07) is 10.5. The molecular formula is C23H25N3O5S. The van der Waals surface area contributed by atoms with Gasteiger partial charge in [-0.1, -0.05) is 24.3 Å². The second kappa shape index (κ2) is 9.69. The number of rotatable bonds is 7. The Labute approximate surface area is 189 Å². The minimum Gasteiger partial charge on any atom is -0.505 e. The lowest BCUT2D eigenvalue weighted by molar-refractivity contribution is -0.136. The minimum atomic E-state index is -0.928. The van der Waals surface area contributed by atoms with Gasteiger partial charge in [0.05, 0.1) is 12.1 Å². The third kappa shape index (κ3) is 5.36. The minimum absolute atomic E-state index is 0.0695. The number of urea groups is 1. The van der Waals surface area contributed by atoms with Gasteiger partial charge in [-0.15, -0.1) is 11.3 Å². The number of anilines is 2. The van der Waals surface area contributed by atoms with Crippen LogP contribution in [0.15, 0.2) is 41.2 Å². The molecule has 2 amide bonds. The molecule has 9 heteroatoms. The maximum absolute atomic E-state index is 12.6. The van der Waals surface area contributed by atoms with Gasteiger partial charge in [-0.05, 0) is 37.5 Å². The number of nitrogens with one attached hydrogen (secondary N) is 2. The van der Waals surface area contributed by atoms with Gasteiger partial charge in [0.2, 0.25) is 0 Å². The van der Waals surface area contributed by atoms with Crippen LogP contribution in [0.3, 0.4) is 0 Å². The molecule has 8 nitrogen and oxygen atoms in total. The molecule has 1 aromatic carbocycles. The van der Waals surface area contributed by atoms with Gasteiger partial charge in [-0.2, -0.15) is 0 Å². The van der Waals surface area contributed by atoms with Crippen molar-refractivity contribution < 1.29 is 19.8 Å². The van der Waals surface area contributed by atoms with E-state index in [1.807, 2.05) is 37.3 Å². The van der Waals surface area contributed by atoms with Crippen LogP contribution < -0.4 is 16.2 Å². The SMILES string of the molecule is Cc1ccccc1Cc1cc(NC(=O)Nc2c(O)cc(C)n(C)c2=O)c(CCC(=O)O)s1. The molecule has 0 aliphatic carbocycles. The van der Waals surface area contributed by atoms with Gasteiger partial charge in [0.25, 0.3) is 5.56 Å². The molecule has 3 aromatic rings. The largest absolute Gasteiger partial charge is 0.505 e. The number of carbonyl (C=O) groups excluding carboxylic acids is 1. The summed E-state index contributed by atoms with van der Waals surface area (Å²) in [4.78, 5) is 37.7. The molecular weight excluding hydrogens is 430 g/mol. The first-order chi connectivity index (χ1) is 15.2. The Morgan fingerprint density at radius 3 is 2.53 bits per heavy atom. The zero-order valence-corrected chi connectivity index (χ0v) is 18.9. The Morgan fingerprint density at radius 2 is 1.84 bits per heavy atom. The van der Waals surface area contributed by atoms with Crippen LogP contribution in [0.5, 0.6) is 5.75 Å². The lowest BCUT2D eigenvalue weighted by Gasteiger charge is -2.11. The number of nitrogens with zero attached hydrogens (tertiary/aromatic N) is 1. The Bertz CT molecular complexity index is 1230. The molecule has 0 unspecified atom stereocenters. The van der Waals surface area contributed by atoms with Crippen LogP contribution in [-0.4, -0.2) is 26.8 Å². The van der Waals surface area contributed by atoms with E-state index in [1.54, 1.807) is 14.0 Å². The molecule has 0 aliphatic rings. The van der Waals surface area contributed by atoms with Gasteiger partial charge in [0, 0.05) is 35.0 Å². The molecule has 4 N–H and O–H groups in total. The summed E-state index contributed by atoms with van der Waals surface area (Å²) >= 11 is 1.44. The van der Waals surface area contributed by atoms with Crippen molar-refractivity contribution in [3.05, 3.63) is 73.3 Å². The molecule has 0 aliphatic heterocycles. The predicted molar refractivity (Wildman–Crippen MR) is 125 cm³/mol. The van der Waals surface area contributed by atoms with Crippen molar-refractivity contribution in [3.63, 3.8) is 0 Å². The highest BCUT2D eigenvalue weighted by Crippen LogP contribution is 2.31. The van der Waals surface area contributed by atoms with Gasteiger partial charge < -0.3 is 20.1 Å². The molecule has 0 atom stereocenters. The number of hydrogen-bond donors (Lipinski definition) is 4. The molecule has 0 radical (unpaired) electrons. The molecule has 0 bridgehead atoms. The predicted octanol–water partition coefficient (Wildman–Crippen LogP) is 4.02. The average Bonchev–Trinajstić information content (AvgIpc) is 3.10. The number of carboxylic acids is 1. The summed E-state index contributed by atoms with van der Waals surface area (Å²) in [6.07, 6.45) is 0.848. The van der Waals surface area contributed by atoms with Crippen LogP contribution >= 0.6 is 11.3 Å². The summed E-state index contributed by atoms with van der Waals surface area (Å²) in [5, 5.41) is 24.3. The number of aromatic hydroxyl groups is 1. The molecule has 2 heterocycles. The van der Waals surface area contributed by atoms with Crippen LogP contribution in [0.25, 0.3) is 0 Å². The average molecular weight is 456 g/mol. The van der Waals surface area contributed by atoms with Crippen LogP contribution in [0.4, 0.5) is 16.2 Å². The van der Waals surface area contributed by atoms with E-state index in [0.29, 0.717) is 17.8 Å². The number of carboxylic acid groups (broad SMARTS) is 1. The number of aryl methyl sites for hydroxylation is 3. The number of thiophene rings is 1. The zero-order valence-electron chi connectivity index (χ0n) is 18.1.